The summed E-state index contributed by atoms with van der Waals surface area (Å²) in [5.41, 5.74) is 0.684. The van der Waals surface area contributed by atoms with E-state index >= 15 is 0 Å². The number of rotatable bonds is 3. The standard InChI is InChI=1S/C18H23N5O2.ClH/c1-25-15-4-2-3-14(11-15)18(24)22-8-5-13(6-9-22)17-21-20-16-12-19-7-10-23(16)17;/h2-4,11,13,19H,5-10,12H2,1H3;1H. The monoisotopic (exact) mass is 377 g/mol. The minimum Gasteiger partial charge on any atom is -0.497 e. The van der Waals surface area contributed by atoms with Gasteiger partial charge in [-0.3, -0.25) is 4.79 Å². The van der Waals surface area contributed by atoms with Crippen LogP contribution in [0, 0.1) is 0 Å². The van der Waals surface area contributed by atoms with Crippen molar-refractivity contribution in [2.24, 2.45) is 0 Å². The van der Waals surface area contributed by atoms with Gasteiger partial charge in [0.2, 0.25) is 0 Å². The zero-order valence-electron chi connectivity index (χ0n) is 14.9. The van der Waals surface area contributed by atoms with Crippen LogP contribution in [0.2, 0.25) is 0 Å². The Balaban J connectivity index is 0.00000196. The van der Waals surface area contributed by atoms with Crippen molar-refractivity contribution in [3.8, 4) is 5.75 Å². The van der Waals surface area contributed by atoms with Crippen molar-refractivity contribution in [1.82, 2.24) is 25.0 Å². The normalized spacial score (nSPS) is 17.3. The van der Waals surface area contributed by atoms with Gasteiger partial charge in [-0.05, 0) is 31.0 Å². The maximum Gasteiger partial charge on any atom is 0.253 e. The molecule has 0 saturated carbocycles. The van der Waals surface area contributed by atoms with Gasteiger partial charge >= 0.3 is 0 Å². The van der Waals surface area contributed by atoms with Crippen LogP contribution in [-0.2, 0) is 13.1 Å². The van der Waals surface area contributed by atoms with Gasteiger partial charge in [-0.15, -0.1) is 22.6 Å². The Morgan fingerprint density at radius 2 is 2.04 bits per heavy atom. The van der Waals surface area contributed by atoms with Crippen molar-refractivity contribution in [2.75, 3.05) is 26.7 Å². The Bertz CT molecular complexity index is 771. The van der Waals surface area contributed by atoms with Crippen LogP contribution in [-0.4, -0.2) is 52.3 Å². The lowest BCUT2D eigenvalue weighted by atomic mass is 9.95. The molecule has 1 saturated heterocycles. The van der Waals surface area contributed by atoms with Gasteiger partial charge in [0, 0.05) is 37.7 Å². The first-order chi connectivity index (χ1) is 12.3. The Morgan fingerprint density at radius 3 is 2.81 bits per heavy atom. The van der Waals surface area contributed by atoms with E-state index < -0.39 is 0 Å². The molecule has 2 aromatic rings. The molecule has 140 valence electrons. The van der Waals surface area contributed by atoms with Crippen LogP contribution in [0.5, 0.6) is 5.75 Å². The summed E-state index contributed by atoms with van der Waals surface area (Å²) in [6.07, 6.45) is 1.86. The molecule has 0 atom stereocenters. The van der Waals surface area contributed by atoms with Crippen LogP contribution in [0.1, 0.15) is 40.8 Å². The third kappa shape index (κ3) is 3.54. The number of likely N-dealkylation sites (tertiary alicyclic amines) is 1. The second kappa shape index (κ2) is 8.05. The average molecular weight is 378 g/mol. The molecule has 26 heavy (non-hydrogen) atoms. The van der Waals surface area contributed by atoms with Crippen molar-refractivity contribution < 1.29 is 9.53 Å². The average Bonchev–Trinajstić information content (AvgIpc) is 3.12. The smallest absolute Gasteiger partial charge is 0.253 e. The van der Waals surface area contributed by atoms with Crippen molar-refractivity contribution >= 4 is 18.3 Å². The molecular formula is C18H24ClN5O2. The summed E-state index contributed by atoms with van der Waals surface area (Å²) >= 11 is 0. The highest BCUT2D eigenvalue weighted by molar-refractivity contribution is 5.94. The van der Waals surface area contributed by atoms with Crippen LogP contribution in [0.4, 0.5) is 0 Å². The quantitative estimate of drug-likeness (QED) is 0.883. The molecule has 2 aliphatic heterocycles. The van der Waals surface area contributed by atoms with E-state index in [-0.39, 0.29) is 18.3 Å². The molecule has 1 N–H and O–H groups in total. The predicted octanol–water partition coefficient (Wildman–Crippen LogP) is 1.83. The number of nitrogens with one attached hydrogen (secondary N) is 1. The van der Waals surface area contributed by atoms with Gasteiger partial charge in [0.05, 0.1) is 13.7 Å². The number of ether oxygens (including phenoxy) is 1. The lowest BCUT2D eigenvalue weighted by Crippen LogP contribution is -2.38. The SMILES string of the molecule is COc1cccc(C(=O)N2CCC(c3nnc4n3CCNC4)CC2)c1.Cl. The number of piperidine rings is 1. The molecule has 0 spiro atoms. The highest BCUT2D eigenvalue weighted by Gasteiger charge is 2.29. The molecule has 1 amide bonds. The van der Waals surface area contributed by atoms with Gasteiger partial charge in [0.25, 0.3) is 5.91 Å². The summed E-state index contributed by atoms with van der Waals surface area (Å²) in [5.74, 6) is 3.28. The summed E-state index contributed by atoms with van der Waals surface area (Å²) in [4.78, 5) is 14.7. The molecule has 1 aromatic carbocycles. The number of halogens is 1. The zero-order chi connectivity index (χ0) is 17.2. The van der Waals surface area contributed by atoms with E-state index in [1.54, 1.807) is 13.2 Å². The lowest BCUT2D eigenvalue weighted by Gasteiger charge is -2.32. The van der Waals surface area contributed by atoms with E-state index in [2.05, 4.69) is 20.1 Å². The number of hydrogen-bond acceptors (Lipinski definition) is 5. The Hall–Kier alpha value is -2.12. The molecule has 1 aromatic heterocycles. The molecule has 2 aliphatic rings. The molecule has 7 nitrogen and oxygen atoms in total. The summed E-state index contributed by atoms with van der Waals surface area (Å²) in [6.45, 7) is 4.19. The van der Waals surface area contributed by atoms with Crippen molar-refractivity contribution in [1.29, 1.82) is 0 Å². The molecule has 0 aliphatic carbocycles. The number of hydrogen-bond donors (Lipinski definition) is 1. The molecule has 0 bridgehead atoms. The van der Waals surface area contributed by atoms with Gasteiger partial charge in [0.15, 0.2) is 0 Å². The number of carbonyl (C=O) groups excluding carboxylic acids is 1. The van der Waals surface area contributed by atoms with Gasteiger partial charge in [-0.2, -0.15) is 0 Å². The van der Waals surface area contributed by atoms with Crippen LogP contribution in [0.3, 0.4) is 0 Å². The van der Waals surface area contributed by atoms with E-state index in [1.165, 1.54) is 0 Å². The Morgan fingerprint density at radius 1 is 1.23 bits per heavy atom. The largest absolute Gasteiger partial charge is 0.497 e. The van der Waals surface area contributed by atoms with E-state index in [1.807, 2.05) is 23.1 Å². The zero-order valence-corrected chi connectivity index (χ0v) is 15.7. The van der Waals surface area contributed by atoms with Crippen LogP contribution in [0.15, 0.2) is 24.3 Å². The maximum absolute atomic E-state index is 12.7. The first-order valence-corrected chi connectivity index (χ1v) is 8.82. The van der Waals surface area contributed by atoms with Gasteiger partial charge in [-0.1, -0.05) is 6.07 Å². The number of nitrogens with zero attached hydrogens (tertiary/aromatic N) is 4. The van der Waals surface area contributed by atoms with Crippen molar-refractivity contribution in [3.05, 3.63) is 41.5 Å². The number of benzene rings is 1. The fourth-order valence-corrected chi connectivity index (χ4v) is 3.70. The molecule has 8 heteroatoms. The fourth-order valence-electron chi connectivity index (χ4n) is 3.70. The highest BCUT2D eigenvalue weighted by atomic mass is 35.5. The maximum atomic E-state index is 12.7. The number of amides is 1. The Labute approximate surface area is 159 Å². The molecule has 0 radical (unpaired) electrons. The van der Waals surface area contributed by atoms with Crippen LogP contribution >= 0.6 is 12.4 Å². The lowest BCUT2D eigenvalue weighted by molar-refractivity contribution is 0.0709. The van der Waals surface area contributed by atoms with Crippen LogP contribution < -0.4 is 10.1 Å². The molecular weight excluding hydrogens is 354 g/mol. The van der Waals surface area contributed by atoms with E-state index in [9.17, 15) is 4.79 Å². The molecule has 3 heterocycles. The predicted molar refractivity (Wildman–Crippen MR) is 99.8 cm³/mol. The summed E-state index contributed by atoms with van der Waals surface area (Å²) in [6, 6.07) is 7.36. The summed E-state index contributed by atoms with van der Waals surface area (Å²) < 4.78 is 7.47. The summed E-state index contributed by atoms with van der Waals surface area (Å²) in [5, 5.41) is 12.1. The van der Waals surface area contributed by atoms with Crippen LogP contribution in [0.25, 0.3) is 0 Å². The minimum absolute atomic E-state index is 0. The number of fused-ring (bicyclic) bond motifs is 1. The van der Waals surface area contributed by atoms with E-state index in [4.69, 9.17) is 4.74 Å². The molecule has 0 unspecified atom stereocenters. The molecule has 4 rings (SSSR count). The number of methoxy groups -OCH3 is 1. The first-order valence-electron chi connectivity index (χ1n) is 8.82. The fraction of sp³-hybridized carbons (Fsp3) is 0.500. The van der Waals surface area contributed by atoms with Gasteiger partial charge in [0.1, 0.15) is 17.4 Å². The number of carbonyl (C=O) groups is 1. The first kappa shape index (κ1) is 18.7. The number of aromatic nitrogens is 3. The highest BCUT2D eigenvalue weighted by Crippen LogP contribution is 2.28. The third-order valence-corrected chi connectivity index (χ3v) is 5.12. The second-order valence-electron chi connectivity index (χ2n) is 6.60. The third-order valence-electron chi connectivity index (χ3n) is 5.12. The second-order valence-corrected chi connectivity index (χ2v) is 6.60. The topological polar surface area (TPSA) is 72.3 Å². The summed E-state index contributed by atoms with van der Waals surface area (Å²) in [7, 11) is 1.61. The van der Waals surface area contributed by atoms with Gasteiger partial charge < -0.3 is 19.5 Å². The minimum atomic E-state index is 0. The Kier molecular flexibility index (Phi) is 5.78. The van der Waals surface area contributed by atoms with E-state index in [0.717, 1.165) is 57.2 Å². The van der Waals surface area contributed by atoms with Crippen molar-refractivity contribution in [3.63, 3.8) is 0 Å². The van der Waals surface area contributed by atoms with E-state index in [0.29, 0.717) is 17.2 Å². The van der Waals surface area contributed by atoms with Gasteiger partial charge in [-0.25, -0.2) is 0 Å². The molecule has 1 fully saturated rings. The van der Waals surface area contributed by atoms with Crippen molar-refractivity contribution in [2.45, 2.75) is 31.8 Å².